The molecule has 6 heteroatoms. The van der Waals surface area contributed by atoms with Crippen LogP contribution in [-0.4, -0.2) is 15.8 Å². The second-order valence-electron chi connectivity index (χ2n) is 7.91. The summed E-state index contributed by atoms with van der Waals surface area (Å²) in [5.41, 5.74) is 4.56. The second-order valence-corrected chi connectivity index (χ2v) is 8.75. The highest BCUT2D eigenvalue weighted by atomic mass is 35.5. The van der Waals surface area contributed by atoms with E-state index in [1.165, 1.54) is 0 Å². The van der Waals surface area contributed by atoms with Crippen molar-refractivity contribution < 1.29 is 4.79 Å². The third kappa shape index (κ3) is 4.72. The zero-order valence-electron chi connectivity index (χ0n) is 17.8. The molecule has 0 atom stereocenters. The van der Waals surface area contributed by atoms with E-state index in [1.807, 2.05) is 50.2 Å². The van der Waals surface area contributed by atoms with Gasteiger partial charge >= 0.3 is 0 Å². The van der Waals surface area contributed by atoms with Crippen molar-refractivity contribution >= 4 is 40.0 Å². The van der Waals surface area contributed by atoms with Gasteiger partial charge in [0.1, 0.15) is 0 Å². The first-order valence-electron chi connectivity index (χ1n) is 10.2. The molecule has 0 aliphatic carbocycles. The van der Waals surface area contributed by atoms with E-state index >= 15 is 0 Å². The molecule has 0 bridgehead atoms. The van der Waals surface area contributed by atoms with Gasteiger partial charge in [0.05, 0.1) is 6.54 Å². The molecule has 0 unspecified atom stereocenters. The average Bonchev–Trinajstić information content (AvgIpc) is 2.76. The Balaban J connectivity index is 1.75. The van der Waals surface area contributed by atoms with Gasteiger partial charge in [-0.15, -0.1) is 0 Å². The molecule has 32 heavy (non-hydrogen) atoms. The summed E-state index contributed by atoms with van der Waals surface area (Å²) < 4.78 is 0. The van der Waals surface area contributed by atoms with Crippen molar-refractivity contribution in [3.63, 3.8) is 0 Å². The van der Waals surface area contributed by atoms with E-state index in [0.717, 1.165) is 27.6 Å². The summed E-state index contributed by atoms with van der Waals surface area (Å²) in [6, 6.07) is 20.0. The van der Waals surface area contributed by atoms with Crippen molar-refractivity contribution in [2.45, 2.75) is 26.9 Å². The summed E-state index contributed by atoms with van der Waals surface area (Å²) >= 11 is 12.5. The zero-order chi connectivity index (χ0) is 22.8. The fourth-order valence-electron chi connectivity index (χ4n) is 3.68. The van der Waals surface area contributed by atoms with Gasteiger partial charge in [-0.05, 0) is 78.4 Å². The van der Waals surface area contributed by atoms with Crippen LogP contribution in [0.5, 0.6) is 0 Å². The number of hydrogen-bond donors (Lipinski definition) is 1. The molecule has 0 spiro atoms. The van der Waals surface area contributed by atoms with Crippen molar-refractivity contribution in [2.24, 2.45) is 0 Å². The topological polar surface area (TPSA) is 53.2 Å². The minimum Gasteiger partial charge on any atom is -0.330 e. The van der Waals surface area contributed by atoms with Crippen LogP contribution < -0.4 is 5.56 Å². The Morgan fingerprint density at radius 1 is 0.875 bits per heavy atom. The van der Waals surface area contributed by atoms with Crippen LogP contribution in [0.25, 0.3) is 10.9 Å². The number of fused-ring (bicyclic) bond motifs is 1. The Kier molecular flexibility index (Phi) is 6.35. The van der Waals surface area contributed by atoms with Gasteiger partial charge < -0.3 is 9.88 Å². The number of aromatic amines is 1. The fourth-order valence-corrected chi connectivity index (χ4v) is 4.07. The maximum atomic E-state index is 13.4. The predicted octanol–water partition coefficient (Wildman–Crippen LogP) is 6.29. The van der Waals surface area contributed by atoms with Gasteiger partial charge in [0, 0.05) is 33.2 Å². The third-order valence-corrected chi connectivity index (χ3v) is 6.18. The summed E-state index contributed by atoms with van der Waals surface area (Å²) in [7, 11) is 0. The van der Waals surface area contributed by atoms with Crippen molar-refractivity contribution in [3.05, 3.63) is 115 Å². The molecule has 4 aromatic rings. The number of carbonyl (C=O) groups excluding carboxylic acids is 1. The Morgan fingerprint density at radius 2 is 1.59 bits per heavy atom. The van der Waals surface area contributed by atoms with Crippen LogP contribution in [0.2, 0.25) is 10.0 Å². The number of carbonyl (C=O) groups is 1. The molecular formula is C26H22Cl2N2O2. The van der Waals surface area contributed by atoms with E-state index in [-0.39, 0.29) is 24.6 Å². The number of rotatable bonds is 5. The van der Waals surface area contributed by atoms with Gasteiger partial charge in [-0.3, -0.25) is 9.59 Å². The molecule has 0 aliphatic rings. The average molecular weight is 465 g/mol. The molecule has 1 heterocycles. The quantitative estimate of drug-likeness (QED) is 0.376. The Labute approximate surface area is 196 Å². The molecule has 0 saturated carbocycles. The summed E-state index contributed by atoms with van der Waals surface area (Å²) in [6.07, 6.45) is 0. The van der Waals surface area contributed by atoms with Gasteiger partial charge in [0.15, 0.2) is 0 Å². The van der Waals surface area contributed by atoms with Gasteiger partial charge in [0.2, 0.25) is 0 Å². The number of nitrogens with one attached hydrogen (secondary N) is 1. The highest BCUT2D eigenvalue weighted by Crippen LogP contribution is 2.22. The first kappa shape index (κ1) is 22.1. The molecule has 0 saturated heterocycles. The molecule has 1 N–H and O–H groups in total. The number of pyridine rings is 1. The zero-order valence-corrected chi connectivity index (χ0v) is 19.3. The fraction of sp³-hybridized carbons (Fsp3) is 0.154. The first-order chi connectivity index (χ1) is 15.3. The largest absolute Gasteiger partial charge is 0.330 e. The molecule has 4 rings (SSSR count). The second kappa shape index (κ2) is 9.19. The van der Waals surface area contributed by atoms with Crippen LogP contribution in [0.4, 0.5) is 0 Å². The number of halogens is 2. The summed E-state index contributed by atoms with van der Waals surface area (Å²) in [5.74, 6) is -0.230. The number of aromatic nitrogens is 1. The number of H-pyrrole nitrogens is 1. The monoisotopic (exact) mass is 464 g/mol. The van der Waals surface area contributed by atoms with Crippen molar-refractivity contribution in [2.75, 3.05) is 0 Å². The Hall–Kier alpha value is -3.08. The highest BCUT2D eigenvalue weighted by Gasteiger charge is 2.20. The van der Waals surface area contributed by atoms with Crippen molar-refractivity contribution in [1.82, 2.24) is 9.88 Å². The third-order valence-electron chi connectivity index (χ3n) is 5.57. The number of amides is 1. The lowest BCUT2D eigenvalue weighted by Gasteiger charge is -2.24. The predicted molar refractivity (Wildman–Crippen MR) is 131 cm³/mol. The van der Waals surface area contributed by atoms with Crippen LogP contribution in [0.3, 0.4) is 0 Å². The lowest BCUT2D eigenvalue weighted by molar-refractivity contribution is 0.0729. The van der Waals surface area contributed by atoms with E-state index in [1.54, 1.807) is 35.2 Å². The van der Waals surface area contributed by atoms with Crippen molar-refractivity contribution in [3.8, 4) is 0 Å². The van der Waals surface area contributed by atoms with E-state index < -0.39 is 0 Å². The van der Waals surface area contributed by atoms with Gasteiger partial charge in [-0.25, -0.2) is 0 Å². The molecule has 162 valence electrons. The number of hydrogen-bond acceptors (Lipinski definition) is 2. The molecule has 1 aromatic heterocycles. The number of nitrogens with zero attached hydrogens (tertiary/aromatic N) is 1. The van der Waals surface area contributed by atoms with Gasteiger partial charge in [-0.2, -0.15) is 0 Å². The number of benzene rings is 3. The van der Waals surface area contributed by atoms with Crippen LogP contribution in [0.15, 0.2) is 71.5 Å². The Morgan fingerprint density at radius 3 is 2.34 bits per heavy atom. The van der Waals surface area contributed by atoms with E-state index in [9.17, 15) is 9.59 Å². The lowest BCUT2D eigenvalue weighted by Crippen LogP contribution is -2.32. The van der Waals surface area contributed by atoms with E-state index in [4.69, 9.17) is 23.2 Å². The normalized spacial score (nSPS) is 11.0. The van der Waals surface area contributed by atoms with E-state index in [0.29, 0.717) is 21.2 Å². The van der Waals surface area contributed by atoms with Crippen LogP contribution in [0, 0.1) is 13.8 Å². The van der Waals surface area contributed by atoms with E-state index in [2.05, 4.69) is 4.98 Å². The van der Waals surface area contributed by atoms with Crippen LogP contribution in [-0.2, 0) is 13.1 Å². The Bertz CT molecular complexity index is 1380. The minimum atomic E-state index is -0.230. The molecular weight excluding hydrogens is 443 g/mol. The summed E-state index contributed by atoms with van der Waals surface area (Å²) in [4.78, 5) is 30.8. The molecule has 3 aromatic carbocycles. The molecule has 0 radical (unpaired) electrons. The van der Waals surface area contributed by atoms with Gasteiger partial charge in [0.25, 0.3) is 11.5 Å². The van der Waals surface area contributed by atoms with Gasteiger partial charge in [-0.1, -0.05) is 47.5 Å². The van der Waals surface area contributed by atoms with Crippen molar-refractivity contribution in [1.29, 1.82) is 0 Å². The lowest BCUT2D eigenvalue weighted by atomic mass is 10.0. The number of aryl methyl sites for hydroxylation is 2. The smallest absolute Gasteiger partial charge is 0.254 e. The highest BCUT2D eigenvalue weighted by molar-refractivity contribution is 6.31. The molecule has 1 amide bonds. The SMILES string of the molecule is Cc1cc2cc(CN(Cc3ccccc3Cl)C(=O)c3cccc(Cl)c3)c(=O)[nH]c2cc1C. The maximum absolute atomic E-state index is 13.4. The minimum absolute atomic E-state index is 0.134. The molecule has 4 nitrogen and oxygen atoms in total. The summed E-state index contributed by atoms with van der Waals surface area (Å²) in [6.45, 7) is 4.44. The molecule has 0 aliphatic heterocycles. The molecule has 0 fully saturated rings. The summed E-state index contributed by atoms with van der Waals surface area (Å²) in [5, 5.41) is 1.97. The first-order valence-corrected chi connectivity index (χ1v) is 11.0. The van der Waals surface area contributed by atoms with Crippen LogP contribution >= 0.6 is 23.2 Å². The van der Waals surface area contributed by atoms with Crippen LogP contribution in [0.1, 0.15) is 32.6 Å². The standard InChI is InChI=1S/C26H22Cl2N2O2/c1-16-10-20-12-21(25(31)29-24(20)11-17(16)2)15-30(14-19-6-3-4-9-23(19)28)26(32)18-7-5-8-22(27)13-18/h3-13H,14-15H2,1-2H3,(H,29,31). The maximum Gasteiger partial charge on any atom is 0.254 e.